The molecule has 4 atom stereocenters. The van der Waals surface area contributed by atoms with E-state index in [2.05, 4.69) is 29.4 Å². The van der Waals surface area contributed by atoms with Gasteiger partial charge in [-0.25, -0.2) is 4.98 Å². The molecule has 5 aromatic rings. The number of carbonyl (C=O) groups is 4. The number of likely N-dealkylation sites (N-methyl/N-ethyl adjacent to an activating group) is 1. The first-order valence-electron chi connectivity index (χ1n) is 22.2. The number of hydrogen-bond donors (Lipinski definition) is 4. The summed E-state index contributed by atoms with van der Waals surface area (Å²) in [6.07, 6.45) is -0.0904. The van der Waals surface area contributed by atoms with E-state index in [-0.39, 0.29) is 57.2 Å². The molecule has 1 aromatic heterocycles. The minimum Gasteiger partial charge on any atom is -0.508 e. The van der Waals surface area contributed by atoms with Gasteiger partial charge in [0.15, 0.2) is 0 Å². The smallest absolute Gasteiger partial charge is 0.243 e. The summed E-state index contributed by atoms with van der Waals surface area (Å²) in [5, 5.41) is 23.6. The summed E-state index contributed by atoms with van der Waals surface area (Å²) in [6, 6.07) is 32.1. The van der Waals surface area contributed by atoms with E-state index in [1.165, 1.54) is 15.4 Å². The third kappa shape index (κ3) is 12.1. The van der Waals surface area contributed by atoms with Gasteiger partial charge >= 0.3 is 0 Å². The van der Waals surface area contributed by atoms with E-state index >= 15 is 0 Å². The summed E-state index contributed by atoms with van der Waals surface area (Å²) in [6.45, 7) is 10.2. The number of aliphatic hydroxyl groups is 1. The highest BCUT2D eigenvalue weighted by molar-refractivity contribution is 7.13. The Morgan fingerprint density at radius 1 is 0.938 bits per heavy atom. The Morgan fingerprint density at radius 2 is 1.58 bits per heavy atom. The molecule has 6 rings (SSSR count). The zero-order chi connectivity index (χ0) is 46.8. The second-order valence-corrected chi connectivity index (χ2v) is 18.6. The molecule has 0 bridgehead atoms. The maximum absolute atomic E-state index is 14.5. The fraction of sp³-hybridized carbons (Fsp3) is 0.365. The number of allylic oxidation sites excluding steroid dienone is 1. The summed E-state index contributed by atoms with van der Waals surface area (Å²) in [7, 11) is 1.66. The standard InChI is InChI=1S/C52H61N5O7S/c1-7-42(35-11-9-8-10-12-35)46(36-17-21-39(58)22-18-36)37-19-23-41(24-20-37)64-28-27-56(6)45(60)26-25-43(49(53)61)47(52(3,4)5)51(63)57-31-40(59)29-44(57)50(62)54-30-34-13-15-38(16-14-34)48-33(2)55-32-65-48/h8-24,32,40,43-44,47,58-59H,7,25-31H2,1-6H3,(H2,53,61)(H,54,62)/t40-,43?,44+,47-/m1/s1. The minimum atomic E-state index is -1.01. The van der Waals surface area contributed by atoms with Gasteiger partial charge in [-0.1, -0.05) is 107 Å². The van der Waals surface area contributed by atoms with Crippen LogP contribution in [-0.2, 0) is 25.7 Å². The summed E-state index contributed by atoms with van der Waals surface area (Å²) >= 11 is 1.56. The Morgan fingerprint density at radius 3 is 2.17 bits per heavy atom. The lowest BCUT2D eigenvalue weighted by Crippen LogP contribution is -2.53. The van der Waals surface area contributed by atoms with Crippen molar-refractivity contribution in [1.29, 1.82) is 0 Å². The van der Waals surface area contributed by atoms with Crippen LogP contribution in [0.2, 0.25) is 0 Å². The highest BCUT2D eigenvalue weighted by Gasteiger charge is 2.48. The molecule has 0 spiro atoms. The molecule has 4 amide bonds. The fourth-order valence-electron chi connectivity index (χ4n) is 8.68. The first kappa shape index (κ1) is 48.2. The molecule has 65 heavy (non-hydrogen) atoms. The van der Waals surface area contributed by atoms with E-state index in [4.69, 9.17) is 10.5 Å². The maximum Gasteiger partial charge on any atom is 0.243 e. The highest BCUT2D eigenvalue weighted by atomic mass is 32.1. The molecule has 1 unspecified atom stereocenters. The number of β-amino-alcohol motifs (C(OH)–C–C–N with tert-alkyl or cyclic N) is 1. The summed E-state index contributed by atoms with van der Waals surface area (Å²) in [5.41, 5.74) is 15.2. The number of carbonyl (C=O) groups excluding carboxylic acids is 4. The van der Waals surface area contributed by atoms with Crippen LogP contribution in [0.4, 0.5) is 0 Å². The number of thiazole rings is 1. The molecule has 1 aliphatic heterocycles. The van der Waals surface area contributed by atoms with Crippen LogP contribution < -0.4 is 15.8 Å². The number of nitrogens with zero attached hydrogens (tertiary/aromatic N) is 3. The van der Waals surface area contributed by atoms with Gasteiger partial charge in [0.2, 0.25) is 23.6 Å². The number of aliphatic hydroxyl groups excluding tert-OH is 1. The van der Waals surface area contributed by atoms with Crippen molar-refractivity contribution in [2.45, 2.75) is 79.0 Å². The van der Waals surface area contributed by atoms with Crippen LogP contribution in [0.15, 0.2) is 109 Å². The van der Waals surface area contributed by atoms with Gasteiger partial charge < -0.3 is 35.8 Å². The number of aromatic nitrogens is 1. The normalized spacial score (nSPS) is 16.3. The van der Waals surface area contributed by atoms with Crippen molar-refractivity contribution in [3.05, 3.63) is 137 Å². The molecule has 1 saturated heterocycles. The summed E-state index contributed by atoms with van der Waals surface area (Å²) in [5.74, 6) is -2.95. The van der Waals surface area contributed by atoms with Gasteiger partial charge in [0.05, 0.1) is 40.6 Å². The fourth-order valence-corrected chi connectivity index (χ4v) is 9.50. The monoisotopic (exact) mass is 899 g/mol. The van der Waals surface area contributed by atoms with Gasteiger partial charge in [-0.15, -0.1) is 11.3 Å². The maximum atomic E-state index is 14.5. The van der Waals surface area contributed by atoms with Gasteiger partial charge in [0.25, 0.3) is 0 Å². The number of benzene rings is 4. The van der Waals surface area contributed by atoms with Gasteiger partial charge in [-0.3, -0.25) is 19.2 Å². The number of nitrogens with two attached hydrogens (primary N) is 1. The van der Waals surface area contributed by atoms with Crippen molar-refractivity contribution in [1.82, 2.24) is 20.1 Å². The molecule has 2 heterocycles. The minimum absolute atomic E-state index is 0.0262. The molecule has 4 aromatic carbocycles. The van der Waals surface area contributed by atoms with E-state index < -0.39 is 47.1 Å². The zero-order valence-corrected chi connectivity index (χ0v) is 38.9. The molecular formula is C52H61N5O7S. The predicted octanol–water partition coefficient (Wildman–Crippen LogP) is 7.85. The molecule has 5 N–H and O–H groups in total. The average molecular weight is 900 g/mol. The topological polar surface area (TPSA) is 175 Å². The Kier molecular flexibility index (Phi) is 16.0. The third-order valence-corrected chi connectivity index (χ3v) is 13.1. The molecular weight excluding hydrogens is 839 g/mol. The van der Waals surface area contributed by atoms with Gasteiger partial charge in [-0.2, -0.15) is 0 Å². The predicted molar refractivity (Wildman–Crippen MR) is 255 cm³/mol. The van der Waals surface area contributed by atoms with Gasteiger partial charge in [-0.05, 0) is 88.4 Å². The van der Waals surface area contributed by atoms with Crippen LogP contribution in [0, 0.1) is 24.2 Å². The summed E-state index contributed by atoms with van der Waals surface area (Å²) in [4.78, 5) is 63.0. The molecule has 0 aliphatic carbocycles. The number of likely N-dealkylation sites (tertiary alicyclic amines) is 1. The number of nitrogens with one attached hydrogen (secondary N) is 1. The molecule has 1 fully saturated rings. The lowest BCUT2D eigenvalue weighted by molar-refractivity contribution is -0.150. The van der Waals surface area contributed by atoms with E-state index in [0.29, 0.717) is 5.75 Å². The number of phenolic OH excluding ortho intramolecular Hbond substituents is 1. The van der Waals surface area contributed by atoms with E-state index in [1.54, 1.807) is 36.0 Å². The van der Waals surface area contributed by atoms with Crippen LogP contribution in [0.1, 0.15) is 81.3 Å². The quantitative estimate of drug-likeness (QED) is 0.0644. The molecule has 0 saturated carbocycles. The zero-order valence-electron chi connectivity index (χ0n) is 38.1. The number of ether oxygens (including phenoxy) is 1. The largest absolute Gasteiger partial charge is 0.508 e. The highest BCUT2D eigenvalue weighted by Crippen LogP contribution is 2.39. The van der Waals surface area contributed by atoms with Crippen molar-refractivity contribution in [2.24, 2.45) is 23.0 Å². The first-order chi connectivity index (χ1) is 31.0. The average Bonchev–Trinajstić information content (AvgIpc) is 3.91. The number of aryl methyl sites for hydroxylation is 1. The van der Waals surface area contributed by atoms with Gasteiger partial charge in [0.1, 0.15) is 24.1 Å². The lowest BCUT2D eigenvalue weighted by Gasteiger charge is -2.38. The molecule has 12 nitrogen and oxygen atoms in total. The molecule has 1 aliphatic rings. The molecule has 13 heteroatoms. The third-order valence-electron chi connectivity index (χ3n) is 12.1. The van der Waals surface area contributed by atoms with Crippen molar-refractivity contribution >= 4 is 46.1 Å². The SMILES string of the molecule is CCC(=C(c1ccc(O)cc1)c1ccc(OCCN(C)C(=O)CCC(C(N)=O)[C@H](C(=O)N2C[C@H](O)C[C@H]2C(=O)NCc2ccc(-c3scnc3C)cc2)C(C)(C)C)cc1)c1ccccc1. The van der Waals surface area contributed by atoms with E-state index in [0.717, 1.165) is 50.4 Å². The van der Waals surface area contributed by atoms with Crippen LogP contribution in [-0.4, -0.2) is 87.5 Å². The van der Waals surface area contributed by atoms with Crippen molar-refractivity contribution in [3.63, 3.8) is 0 Å². The second kappa shape index (κ2) is 21.6. The lowest BCUT2D eigenvalue weighted by atomic mass is 9.70. The Hall–Kier alpha value is -6.31. The summed E-state index contributed by atoms with van der Waals surface area (Å²) < 4.78 is 6.07. The van der Waals surface area contributed by atoms with Crippen molar-refractivity contribution in [2.75, 3.05) is 26.7 Å². The van der Waals surface area contributed by atoms with Crippen molar-refractivity contribution < 1.29 is 34.1 Å². The van der Waals surface area contributed by atoms with Crippen molar-refractivity contribution in [3.8, 4) is 21.9 Å². The first-order valence-corrected chi connectivity index (χ1v) is 23.0. The number of amides is 4. The number of aromatic hydroxyl groups is 1. The Balaban J connectivity index is 1.05. The Bertz CT molecular complexity index is 2440. The van der Waals surface area contributed by atoms with E-state index in [1.807, 2.05) is 107 Å². The van der Waals surface area contributed by atoms with Gasteiger partial charge in [0, 0.05) is 33.0 Å². The van der Waals surface area contributed by atoms with Crippen LogP contribution in [0.25, 0.3) is 21.6 Å². The number of primary amides is 1. The van der Waals surface area contributed by atoms with E-state index in [9.17, 15) is 29.4 Å². The molecule has 0 radical (unpaired) electrons. The number of phenols is 1. The van der Waals surface area contributed by atoms with Crippen LogP contribution >= 0.6 is 11.3 Å². The molecule has 342 valence electrons. The number of hydrogen-bond acceptors (Lipinski definition) is 9. The second-order valence-electron chi connectivity index (χ2n) is 17.8. The number of rotatable bonds is 18. The van der Waals surface area contributed by atoms with Crippen LogP contribution in [0.3, 0.4) is 0 Å². The van der Waals surface area contributed by atoms with Crippen LogP contribution in [0.5, 0.6) is 11.5 Å². The Labute approximate surface area is 386 Å².